The Kier molecular flexibility index (Phi) is 5.90. The van der Waals surface area contributed by atoms with E-state index in [1.54, 1.807) is 23.5 Å². The molecular formula is C23H26N2O4S. The molecule has 0 radical (unpaired) electrons. The highest BCUT2D eigenvalue weighted by Gasteiger charge is 2.36. The molecule has 2 aromatic rings. The third kappa shape index (κ3) is 3.86. The van der Waals surface area contributed by atoms with Gasteiger partial charge >= 0.3 is 5.97 Å². The van der Waals surface area contributed by atoms with Gasteiger partial charge in [-0.25, -0.2) is 4.79 Å². The Morgan fingerprint density at radius 1 is 1.30 bits per heavy atom. The molecule has 7 heteroatoms. The molecule has 2 aliphatic rings. The lowest BCUT2D eigenvalue weighted by atomic mass is 9.78. The van der Waals surface area contributed by atoms with Gasteiger partial charge in [0.05, 0.1) is 22.6 Å². The Bertz CT molecular complexity index is 1000. The minimum absolute atomic E-state index is 0.0264. The summed E-state index contributed by atoms with van der Waals surface area (Å²) in [7, 11) is 1.37. The zero-order valence-corrected chi connectivity index (χ0v) is 18.1. The molecule has 4 rings (SSSR count). The quantitative estimate of drug-likeness (QED) is 0.372. The monoisotopic (exact) mass is 426 g/mol. The van der Waals surface area contributed by atoms with Crippen molar-refractivity contribution in [2.75, 3.05) is 12.4 Å². The van der Waals surface area contributed by atoms with Gasteiger partial charge in [0.25, 0.3) is 5.69 Å². The minimum Gasteiger partial charge on any atom is -0.466 e. The second kappa shape index (κ2) is 8.60. The molecule has 2 heterocycles. The second-order valence-corrected chi connectivity index (χ2v) is 9.03. The Labute approximate surface area is 180 Å². The number of rotatable bonds is 5. The van der Waals surface area contributed by atoms with Crippen LogP contribution < -0.4 is 5.32 Å². The number of anilines is 1. The van der Waals surface area contributed by atoms with Crippen molar-refractivity contribution in [2.45, 2.75) is 51.4 Å². The van der Waals surface area contributed by atoms with Gasteiger partial charge in [-0.2, -0.15) is 0 Å². The number of non-ortho nitro benzene ring substituents is 1. The molecule has 1 aliphatic heterocycles. The fourth-order valence-corrected chi connectivity index (χ4v) is 5.88. The Hall–Kier alpha value is -2.67. The van der Waals surface area contributed by atoms with E-state index in [4.69, 9.17) is 4.74 Å². The SMILES string of the molecule is COC(=O)C1=C(C)Nc2scc(CC3CCCCC3)c2C1c1cccc([N+](=O)[O-])c1. The topological polar surface area (TPSA) is 81.5 Å². The smallest absolute Gasteiger partial charge is 0.336 e. The number of carbonyl (C=O) groups is 1. The van der Waals surface area contributed by atoms with Gasteiger partial charge in [-0.15, -0.1) is 11.3 Å². The van der Waals surface area contributed by atoms with E-state index < -0.39 is 10.9 Å². The highest BCUT2D eigenvalue weighted by atomic mass is 32.1. The number of hydrogen-bond donors (Lipinski definition) is 1. The molecule has 0 spiro atoms. The standard InChI is InChI=1S/C23H26N2O4S/c1-14-19(23(26)29-2)20(16-9-6-10-18(12-16)25(27)28)21-17(13-30-22(21)24-14)11-15-7-4-3-5-8-15/h6,9-10,12-13,15,20,24H,3-5,7-8,11H2,1-2H3. The molecule has 1 aliphatic carbocycles. The zero-order valence-electron chi connectivity index (χ0n) is 17.3. The van der Waals surface area contributed by atoms with Crippen molar-refractivity contribution in [2.24, 2.45) is 5.92 Å². The fourth-order valence-electron chi connectivity index (χ4n) is 4.81. The van der Waals surface area contributed by atoms with E-state index in [1.165, 1.54) is 50.8 Å². The van der Waals surface area contributed by atoms with Crippen molar-refractivity contribution < 1.29 is 14.5 Å². The van der Waals surface area contributed by atoms with Gasteiger partial charge in [0.2, 0.25) is 0 Å². The van der Waals surface area contributed by atoms with Crippen molar-refractivity contribution in [3.63, 3.8) is 0 Å². The van der Waals surface area contributed by atoms with E-state index in [-0.39, 0.29) is 11.6 Å². The van der Waals surface area contributed by atoms with E-state index in [1.807, 2.05) is 13.0 Å². The zero-order chi connectivity index (χ0) is 21.3. The summed E-state index contributed by atoms with van der Waals surface area (Å²) in [4.78, 5) is 23.8. The summed E-state index contributed by atoms with van der Waals surface area (Å²) >= 11 is 1.64. The van der Waals surface area contributed by atoms with Crippen LogP contribution in [0.1, 0.15) is 61.6 Å². The molecule has 1 unspecified atom stereocenters. The molecule has 30 heavy (non-hydrogen) atoms. The molecule has 1 saturated carbocycles. The number of methoxy groups -OCH3 is 1. The number of fused-ring (bicyclic) bond motifs is 1. The third-order valence-corrected chi connectivity index (χ3v) is 7.21. The van der Waals surface area contributed by atoms with Gasteiger partial charge < -0.3 is 10.1 Å². The fraction of sp³-hybridized carbons (Fsp3) is 0.435. The normalized spacial score (nSPS) is 19.2. The van der Waals surface area contributed by atoms with Gasteiger partial charge in [-0.05, 0) is 35.8 Å². The van der Waals surface area contributed by atoms with Crippen molar-refractivity contribution in [1.29, 1.82) is 0 Å². The van der Waals surface area contributed by atoms with Crippen molar-refractivity contribution in [3.05, 3.63) is 67.7 Å². The third-order valence-electron chi connectivity index (χ3n) is 6.25. The molecule has 1 aromatic carbocycles. The molecule has 158 valence electrons. The summed E-state index contributed by atoms with van der Waals surface area (Å²) in [5, 5.41) is 18.0. The first-order valence-electron chi connectivity index (χ1n) is 10.4. The summed E-state index contributed by atoms with van der Waals surface area (Å²) < 4.78 is 5.10. The van der Waals surface area contributed by atoms with E-state index in [0.717, 1.165) is 28.2 Å². The van der Waals surface area contributed by atoms with E-state index in [0.29, 0.717) is 11.5 Å². The van der Waals surface area contributed by atoms with Gasteiger partial charge in [-0.3, -0.25) is 10.1 Å². The van der Waals surface area contributed by atoms with Gasteiger partial charge in [0.15, 0.2) is 0 Å². The lowest BCUT2D eigenvalue weighted by Crippen LogP contribution is -2.24. The molecule has 0 saturated heterocycles. The van der Waals surface area contributed by atoms with Crippen LogP contribution in [0.15, 0.2) is 40.9 Å². The van der Waals surface area contributed by atoms with Crippen LogP contribution in [0.5, 0.6) is 0 Å². The Balaban J connectivity index is 1.82. The second-order valence-electron chi connectivity index (χ2n) is 8.15. The summed E-state index contributed by atoms with van der Waals surface area (Å²) in [6.07, 6.45) is 7.30. The van der Waals surface area contributed by atoms with Crippen LogP contribution in [0.3, 0.4) is 0 Å². The molecule has 1 fully saturated rings. The summed E-state index contributed by atoms with van der Waals surface area (Å²) in [6.45, 7) is 1.86. The molecule has 6 nitrogen and oxygen atoms in total. The van der Waals surface area contributed by atoms with Crippen molar-refractivity contribution in [1.82, 2.24) is 0 Å². The molecule has 0 amide bonds. The Morgan fingerprint density at radius 2 is 2.07 bits per heavy atom. The molecule has 1 N–H and O–H groups in total. The lowest BCUT2D eigenvalue weighted by molar-refractivity contribution is -0.384. The number of nitro benzene ring substituents is 1. The number of esters is 1. The highest BCUT2D eigenvalue weighted by Crippen LogP contribution is 2.48. The highest BCUT2D eigenvalue weighted by molar-refractivity contribution is 7.14. The van der Waals surface area contributed by atoms with Crippen LogP contribution in [0.2, 0.25) is 0 Å². The number of thiophene rings is 1. The lowest BCUT2D eigenvalue weighted by Gasteiger charge is -2.30. The average Bonchev–Trinajstić information content (AvgIpc) is 3.15. The maximum absolute atomic E-state index is 12.8. The first-order valence-corrected chi connectivity index (χ1v) is 11.3. The van der Waals surface area contributed by atoms with Crippen LogP contribution >= 0.6 is 11.3 Å². The number of nitrogens with zero attached hydrogens (tertiary/aromatic N) is 1. The van der Waals surface area contributed by atoms with Crippen LogP contribution in [0.25, 0.3) is 0 Å². The summed E-state index contributed by atoms with van der Waals surface area (Å²) in [6, 6.07) is 6.62. The molecule has 0 bridgehead atoms. The first-order chi connectivity index (χ1) is 14.5. The van der Waals surface area contributed by atoms with Gasteiger partial charge in [0, 0.05) is 29.3 Å². The minimum atomic E-state index is -0.406. The Morgan fingerprint density at radius 3 is 2.77 bits per heavy atom. The van der Waals surface area contributed by atoms with Crippen LogP contribution in [0.4, 0.5) is 10.7 Å². The number of allylic oxidation sites excluding steroid dienone is 1. The maximum atomic E-state index is 12.8. The van der Waals surface area contributed by atoms with E-state index >= 15 is 0 Å². The number of ether oxygens (including phenoxy) is 1. The van der Waals surface area contributed by atoms with Crippen molar-refractivity contribution >= 4 is 28.0 Å². The van der Waals surface area contributed by atoms with E-state index in [9.17, 15) is 14.9 Å². The molecule has 1 aromatic heterocycles. The number of nitro groups is 1. The van der Waals surface area contributed by atoms with Crippen LogP contribution in [-0.4, -0.2) is 18.0 Å². The molecular weight excluding hydrogens is 400 g/mol. The van der Waals surface area contributed by atoms with Crippen molar-refractivity contribution in [3.8, 4) is 0 Å². The van der Waals surface area contributed by atoms with Gasteiger partial charge in [0.1, 0.15) is 0 Å². The number of benzene rings is 1. The molecule has 1 atom stereocenters. The van der Waals surface area contributed by atoms with E-state index in [2.05, 4.69) is 10.7 Å². The summed E-state index contributed by atoms with van der Waals surface area (Å²) in [5.41, 5.74) is 4.33. The average molecular weight is 427 g/mol. The number of nitrogens with one attached hydrogen (secondary N) is 1. The predicted octanol–water partition coefficient (Wildman–Crippen LogP) is 5.78. The van der Waals surface area contributed by atoms with Crippen LogP contribution in [-0.2, 0) is 16.0 Å². The van der Waals surface area contributed by atoms with Gasteiger partial charge in [-0.1, -0.05) is 44.2 Å². The predicted molar refractivity (Wildman–Crippen MR) is 118 cm³/mol. The number of hydrogen-bond acceptors (Lipinski definition) is 6. The summed E-state index contributed by atoms with van der Waals surface area (Å²) in [5.74, 6) is -0.132. The number of carbonyl (C=O) groups excluding carboxylic acids is 1. The maximum Gasteiger partial charge on any atom is 0.336 e. The largest absolute Gasteiger partial charge is 0.466 e. The first kappa shape index (κ1) is 20.6. The van der Waals surface area contributed by atoms with Crippen LogP contribution in [0, 0.1) is 16.0 Å².